The number of piperazine rings is 1. The molecule has 5 heterocycles. The number of phenols is 1. The molecule has 3 aromatic carbocycles. The van der Waals surface area contributed by atoms with Gasteiger partial charge in [-0.15, -0.1) is 0 Å². The Balaban J connectivity index is 0.787. The molecule has 9 rings (SSSR count). The molecule has 3 aromatic rings. The maximum absolute atomic E-state index is 16.1. The second-order valence-electron chi connectivity index (χ2n) is 16.7. The van der Waals surface area contributed by atoms with E-state index < -0.39 is 6.04 Å². The van der Waals surface area contributed by atoms with E-state index in [-0.39, 0.29) is 35.9 Å². The summed E-state index contributed by atoms with van der Waals surface area (Å²) in [6.45, 7) is 8.47. The lowest BCUT2D eigenvalue weighted by Gasteiger charge is -2.41. The zero-order valence-corrected chi connectivity index (χ0v) is 31.6. The fourth-order valence-corrected chi connectivity index (χ4v) is 10.6. The number of amides is 3. The van der Waals surface area contributed by atoms with Gasteiger partial charge in [0.25, 0.3) is 5.91 Å². The molecule has 11 heteroatoms. The number of nitrogens with one attached hydrogen (secondary N) is 1. The molecular formula is C44H52FN5O5. The van der Waals surface area contributed by atoms with Crippen LogP contribution in [0.2, 0.25) is 0 Å². The number of hydrogen-bond donors (Lipinski definition) is 2. The molecule has 6 aliphatic rings. The third-order valence-electron chi connectivity index (χ3n) is 13.6. The highest BCUT2D eigenvalue weighted by Gasteiger charge is 2.40. The number of anilines is 2. The molecule has 3 amide bonds. The number of hydrogen-bond acceptors (Lipinski definition) is 8. The molecule has 2 N–H and O–H groups in total. The van der Waals surface area contributed by atoms with Crippen LogP contribution in [0.25, 0.3) is 0 Å². The van der Waals surface area contributed by atoms with Gasteiger partial charge in [-0.25, -0.2) is 4.39 Å². The fourth-order valence-electron chi connectivity index (χ4n) is 10.6. The highest BCUT2D eigenvalue weighted by atomic mass is 19.1. The molecule has 55 heavy (non-hydrogen) atoms. The van der Waals surface area contributed by atoms with Gasteiger partial charge in [0, 0.05) is 89.2 Å². The summed E-state index contributed by atoms with van der Waals surface area (Å²) >= 11 is 0. The summed E-state index contributed by atoms with van der Waals surface area (Å²) in [6.07, 6.45) is 6.77. The Kier molecular flexibility index (Phi) is 10.0. The Hall–Kier alpha value is -4.48. The summed E-state index contributed by atoms with van der Waals surface area (Å²) < 4.78 is 21.8. The number of rotatable bonds is 7. The van der Waals surface area contributed by atoms with Crippen LogP contribution in [0.1, 0.15) is 83.5 Å². The van der Waals surface area contributed by atoms with Crippen molar-refractivity contribution >= 4 is 29.1 Å². The van der Waals surface area contributed by atoms with Crippen molar-refractivity contribution in [3.8, 4) is 5.75 Å². The zero-order chi connectivity index (χ0) is 37.6. The first-order valence-corrected chi connectivity index (χ1v) is 20.5. The summed E-state index contributed by atoms with van der Waals surface area (Å²) in [5, 5.41) is 12.6. The van der Waals surface area contributed by atoms with Crippen molar-refractivity contribution in [3.05, 3.63) is 88.2 Å². The Morgan fingerprint density at radius 1 is 0.782 bits per heavy atom. The monoisotopic (exact) mass is 749 g/mol. The van der Waals surface area contributed by atoms with Gasteiger partial charge < -0.3 is 24.5 Å². The van der Waals surface area contributed by atoms with Crippen molar-refractivity contribution in [1.82, 2.24) is 15.1 Å². The van der Waals surface area contributed by atoms with Crippen LogP contribution in [0, 0.1) is 23.6 Å². The highest BCUT2D eigenvalue weighted by molar-refractivity contribution is 6.05. The van der Waals surface area contributed by atoms with E-state index in [0.717, 1.165) is 114 Å². The van der Waals surface area contributed by atoms with Crippen molar-refractivity contribution in [2.75, 3.05) is 68.8 Å². The summed E-state index contributed by atoms with van der Waals surface area (Å²) in [5.41, 5.74) is 6.84. The number of piperidine rings is 2. The Morgan fingerprint density at radius 3 is 2.35 bits per heavy atom. The second kappa shape index (κ2) is 15.2. The Morgan fingerprint density at radius 2 is 1.58 bits per heavy atom. The summed E-state index contributed by atoms with van der Waals surface area (Å²) in [7, 11) is 0. The zero-order valence-electron chi connectivity index (χ0n) is 31.6. The lowest BCUT2D eigenvalue weighted by Crippen LogP contribution is -2.52. The minimum Gasteiger partial charge on any atom is -0.508 e. The predicted molar refractivity (Wildman–Crippen MR) is 208 cm³/mol. The van der Waals surface area contributed by atoms with Crippen molar-refractivity contribution in [2.24, 2.45) is 17.8 Å². The Bertz CT molecular complexity index is 1950. The van der Waals surface area contributed by atoms with Crippen LogP contribution in [0.15, 0.2) is 54.6 Å². The van der Waals surface area contributed by atoms with Gasteiger partial charge in [0.1, 0.15) is 17.6 Å². The molecule has 4 saturated heterocycles. The maximum atomic E-state index is 16.1. The Labute approximate surface area is 322 Å². The normalized spacial score (nSPS) is 25.6. The topological polar surface area (TPSA) is 106 Å². The first kappa shape index (κ1) is 36.2. The van der Waals surface area contributed by atoms with Gasteiger partial charge >= 0.3 is 0 Å². The largest absolute Gasteiger partial charge is 0.508 e. The van der Waals surface area contributed by atoms with E-state index in [4.69, 9.17) is 4.74 Å². The molecule has 1 aliphatic carbocycles. The molecule has 0 radical (unpaired) electrons. The van der Waals surface area contributed by atoms with Crippen LogP contribution in [-0.4, -0.2) is 97.7 Å². The number of imide groups is 1. The van der Waals surface area contributed by atoms with Gasteiger partial charge in [-0.3, -0.25) is 24.6 Å². The van der Waals surface area contributed by atoms with Gasteiger partial charge in [-0.05, 0) is 127 Å². The maximum Gasteiger partial charge on any atom is 0.255 e. The average Bonchev–Trinajstić information content (AvgIpc) is 3.53. The number of benzene rings is 3. The lowest BCUT2D eigenvalue weighted by atomic mass is 9.65. The summed E-state index contributed by atoms with van der Waals surface area (Å²) in [4.78, 5) is 46.0. The number of carbonyl (C=O) groups is 3. The van der Waals surface area contributed by atoms with Gasteiger partial charge in [-0.1, -0.05) is 12.1 Å². The van der Waals surface area contributed by atoms with Crippen LogP contribution in [-0.2, 0) is 27.3 Å². The first-order chi connectivity index (χ1) is 26.8. The van der Waals surface area contributed by atoms with Gasteiger partial charge in [-0.2, -0.15) is 0 Å². The van der Waals surface area contributed by atoms with E-state index in [0.29, 0.717) is 47.7 Å². The van der Waals surface area contributed by atoms with E-state index in [1.165, 1.54) is 11.1 Å². The lowest BCUT2D eigenvalue weighted by molar-refractivity contribution is -0.136. The minimum absolute atomic E-state index is 0.115. The number of halogens is 1. The smallest absolute Gasteiger partial charge is 0.255 e. The minimum atomic E-state index is -0.603. The number of fused-ring (bicyclic) bond motifs is 2. The van der Waals surface area contributed by atoms with Gasteiger partial charge in [0.05, 0.1) is 5.69 Å². The van der Waals surface area contributed by atoms with Crippen molar-refractivity contribution in [3.63, 3.8) is 0 Å². The number of nitrogens with zero attached hydrogens (tertiary/aromatic N) is 4. The third kappa shape index (κ3) is 7.21. The van der Waals surface area contributed by atoms with E-state index in [9.17, 15) is 19.5 Å². The summed E-state index contributed by atoms with van der Waals surface area (Å²) in [6, 6.07) is 17.1. The van der Waals surface area contributed by atoms with E-state index >= 15 is 4.39 Å². The highest BCUT2D eigenvalue weighted by Crippen LogP contribution is 2.48. The number of aromatic hydroxyl groups is 1. The molecule has 0 aromatic heterocycles. The molecule has 3 atom stereocenters. The van der Waals surface area contributed by atoms with Crippen molar-refractivity contribution in [1.29, 1.82) is 0 Å². The van der Waals surface area contributed by atoms with Crippen molar-refractivity contribution < 1.29 is 28.6 Å². The first-order valence-electron chi connectivity index (χ1n) is 20.5. The third-order valence-corrected chi connectivity index (χ3v) is 13.6. The number of aryl methyl sites for hydroxylation is 1. The number of phenolic OH excluding ortho intramolecular Hbond substituents is 1. The standard InChI is InChI=1S/C44H52FN5O5/c45-38-25-31(42-35(29-13-21-55-22-14-29)5-1-30-24-34(51)4-7-36(30)42)2-8-39(38)49-15-11-28(12-16-49)26-47-17-19-48(20-18-47)33-3-6-37-32(23-33)27-50(44(37)54)40-9-10-41(52)46-43(40)53/h2-4,6-8,23-25,28-29,35,40,42,51H,1,5,9-22,26-27H2,(H,46,52,53)/t35-,40?,42?/m1/s1. The van der Waals surface area contributed by atoms with Gasteiger partial charge in [0.2, 0.25) is 11.8 Å². The molecule has 2 unspecified atom stereocenters. The van der Waals surface area contributed by atoms with Crippen LogP contribution >= 0.6 is 0 Å². The second-order valence-corrected chi connectivity index (χ2v) is 16.7. The van der Waals surface area contributed by atoms with Crippen LogP contribution in [0.3, 0.4) is 0 Å². The number of ether oxygens (including phenoxy) is 1. The molecule has 0 saturated carbocycles. The van der Waals surface area contributed by atoms with Crippen LogP contribution in [0.4, 0.5) is 15.8 Å². The summed E-state index contributed by atoms with van der Waals surface area (Å²) in [5.74, 6) is 1.03. The van der Waals surface area contributed by atoms with Crippen LogP contribution < -0.4 is 15.1 Å². The van der Waals surface area contributed by atoms with Crippen molar-refractivity contribution in [2.45, 2.75) is 69.9 Å². The molecule has 0 bridgehead atoms. The van der Waals surface area contributed by atoms with E-state index in [1.54, 1.807) is 17.0 Å². The molecule has 290 valence electrons. The predicted octanol–water partition coefficient (Wildman–Crippen LogP) is 5.45. The van der Waals surface area contributed by atoms with E-state index in [1.807, 2.05) is 24.3 Å². The molecule has 0 spiro atoms. The average molecular weight is 750 g/mol. The van der Waals surface area contributed by atoms with Gasteiger partial charge in [0.15, 0.2) is 0 Å². The fraction of sp³-hybridized carbons (Fsp3) is 0.523. The quantitative estimate of drug-likeness (QED) is 0.308. The molecule has 5 aliphatic heterocycles. The SMILES string of the molecule is O=C1CCC(N2Cc3cc(N4CCN(CC5CCN(c6ccc(C7c8ccc(O)cc8CC[C@@H]7C7CCOCC7)cc6F)CC5)CC4)ccc3C2=O)C(=O)N1. The molecular weight excluding hydrogens is 698 g/mol. The van der Waals surface area contributed by atoms with E-state index in [2.05, 4.69) is 38.2 Å². The van der Waals surface area contributed by atoms with Crippen LogP contribution in [0.5, 0.6) is 5.75 Å². The number of carbonyl (C=O) groups excluding carboxylic acids is 3. The molecule has 4 fully saturated rings. The molecule has 10 nitrogen and oxygen atoms in total.